The molecule has 1 aliphatic heterocycles. The van der Waals surface area contributed by atoms with Gasteiger partial charge in [-0.25, -0.2) is 8.78 Å². The molecule has 0 aliphatic carbocycles. The van der Waals surface area contributed by atoms with Gasteiger partial charge in [-0.3, -0.25) is 9.59 Å². The second kappa shape index (κ2) is 9.54. The van der Waals surface area contributed by atoms with E-state index in [0.717, 1.165) is 18.9 Å². The summed E-state index contributed by atoms with van der Waals surface area (Å²) in [5.41, 5.74) is 5.04. The van der Waals surface area contributed by atoms with Crippen LogP contribution in [0.2, 0.25) is 0 Å². The van der Waals surface area contributed by atoms with E-state index in [1.54, 1.807) is 0 Å². The fourth-order valence-electron chi connectivity index (χ4n) is 2.75. The zero-order valence-corrected chi connectivity index (χ0v) is 14.1. The summed E-state index contributed by atoms with van der Waals surface area (Å²) in [6.07, 6.45) is 2.66. The normalized spacial score (nSPS) is 17.1. The van der Waals surface area contributed by atoms with E-state index in [1.165, 1.54) is 17.0 Å². The van der Waals surface area contributed by atoms with Gasteiger partial charge in [0.15, 0.2) is 11.6 Å². The van der Waals surface area contributed by atoms with Gasteiger partial charge >= 0.3 is 0 Å². The van der Waals surface area contributed by atoms with Crippen LogP contribution in [0.5, 0.6) is 0 Å². The van der Waals surface area contributed by atoms with E-state index in [1.807, 2.05) is 0 Å². The minimum absolute atomic E-state index is 0. The number of likely N-dealkylation sites (tertiary alicyclic amines) is 1. The number of rotatable bonds is 5. The number of nitrogens with two attached hydrogens (primary N) is 1. The van der Waals surface area contributed by atoms with E-state index in [-0.39, 0.29) is 42.9 Å². The van der Waals surface area contributed by atoms with Crippen LogP contribution in [-0.4, -0.2) is 42.4 Å². The average molecular weight is 362 g/mol. The zero-order valence-electron chi connectivity index (χ0n) is 13.3. The SMILES string of the molecule is Cl.NCCC(=O)NCC1CCCCN1C(=O)c1cccc(F)c1F. The lowest BCUT2D eigenvalue weighted by atomic mass is 10.0. The monoisotopic (exact) mass is 361 g/mol. The van der Waals surface area contributed by atoms with E-state index >= 15 is 0 Å². The minimum Gasteiger partial charge on any atom is -0.354 e. The molecule has 2 rings (SSSR count). The maximum atomic E-state index is 13.8. The van der Waals surface area contributed by atoms with Crippen molar-refractivity contribution in [2.24, 2.45) is 5.73 Å². The molecule has 1 aromatic rings. The lowest BCUT2D eigenvalue weighted by molar-refractivity contribution is -0.121. The van der Waals surface area contributed by atoms with Crippen LogP contribution in [0, 0.1) is 11.6 Å². The number of nitrogens with zero attached hydrogens (tertiary/aromatic N) is 1. The van der Waals surface area contributed by atoms with Gasteiger partial charge in [-0.2, -0.15) is 0 Å². The summed E-state index contributed by atoms with van der Waals surface area (Å²) in [6.45, 7) is 1.02. The molecule has 1 heterocycles. The van der Waals surface area contributed by atoms with Crippen LogP contribution < -0.4 is 11.1 Å². The second-order valence-corrected chi connectivity index (χ2v) is 5.59. The lowest BCUT2D eigenvalue weighted by Gasteiger charge is -2.36. The Morgan fingerprint density at radius 1 is 1.29 bits per heavy atom. The number of nitrogens with one attached hydrogen (secondary N) is 1. The fourth-order valence-corrected chi connectivity index (χ4v) is 2.75. The number of hydrogen-bond acceptors (Lipinski definition) is 3. The van der Waals surface area contributed by atoms with Gasteiger partial charge in [0.1, 0.15) is 0 Å². The summed E-state index contributed by atoms with van der Waals surface area (Å²) < 4.78 is 27.2. The summed E-state index contributed by atoms with van der Waals surface area (Å²) in [5, 5.41) is 2.73. The van der Waals surface area contributed by atoms with Crippen molar-refractivity contribution >= 4 is 24.2 Å². The second-order valence-electron chi connectivity index (χ2n) is 5.59. The van der Waals surface area contributed by atoms with Crippen molar-refractivity contribution in [1.82, 2.24) is 10.2 Å². The number of amides is 2. The first-order valence-corrected chi connectivity index (χ1v) is 7.76. The van der Waals surface area contributed by atoms with Gasteiger partial charge in [-0.1, -0.05) is 6.07 Å². The van der Waals surface area contributed by atoms with Crippen molar-refractivity contribution in [3.8, 4) is 0 Å². The summed E-state index contributed by atoms with van der Waals surface area (Å²) in [7, 11) is 0. The predicted octanol–water partition coefficient (Wildman–Crippen LogP) is 1.85. The fraction of sp³-hybridized carbons (Fsp3) is 0.500. The number of carbonyl (C=O) groups is 2. The van der Waals surface area contributed by atoms with E-state index in [4.69, 9.17) is 5.73 Å². The molecular weight excluding hydrogens is 340 g/mol. The van der Waals surface area contributed by atoms with Gasteiger partial charge in [-0.05, 0) is 31.4 Å². The standard InChI is InChI=1S/C16H21F2N3O2.ClH/c17-13-6-3-5-12(15(13)18)16(23)21-9-2-1-4-11(21)10-20-14(22)7-8-19;/h3,5-6,11H,1-2,4,7-10,19H2,(H,20,22);1H. The molecule has 0 saturated carbocycles. The van der Waals surface area contributed by atoms with Crippen molar-refractivity contribution in [3.05, 3.63) is 35.4 Å². The molecule has 0 spiro atoms. The van der Waals surface area contributed by atoms with E-state index in [2.05, 4.69) is 5.32 Å². The molecule has 0 bridgehead atoms. The van der Waals surface area contributed by atoms with Crippen LogP contribution in [0.15, 0.2) is 18.2 Å². The Labute approximate surface area is 146 Å². The van der Waals surface area contributed by atoms with Crippen molar-refractivity contribution < 1.29 is 18.4 Å². The summed E-state index contributed by atoms with van der Waals surface area (Å²) in [5.74, 6) is -2.89. The highest BCUT2D eigenvalue weighted by Crippen LogP contribution is 2.21. The van der Waals surface area contributed by atoms with Gasteiger partial charge in [0.05, 0.1) is 5.56 Å². The van der Waals surface area contributed by atoms with Crippen LogP contribution in [0.3, 0.4) is 0 Å². The smallest absolute Gasteiger partial charge is 0.257 e. The Hall–Kier alpha value is -1.73. The van der Waals surface area contributed by atoms with Gasteiger partial charge in [0.2, 0.25) is 5.91 Å². The highest BCUT2D eigenvalue weighted by molar-refractivity contribution is 5.94. The Kier molecular flexibility index (Phi) is 8.07. The molecule has 8 heteroatoms. The highest BCUT2D eigenvalue weighted by Gasteiger charge is 2.29. The molecule has 1 fully saturated rings. The van der Waals surface area contributed by atoms with Crippen LogP contribution in [0.25, 0.3) is 0 Å². The quantitative estimate of drug-likeness (QED) is 0.840. The van der Waals surface area contributed by atoms with Gasteiger partial charge in [0.25, 0.3) is 5.91 Å². The van der Waals surface area contributed by atoms with E-state index < -0.39 is 17.5 Å². The van der Waals surface area contributed by atoms with Crippen molar-refractivity contribution in [1.29, 1.82) is 0 Å². The third kappa shape index (κ3) is 4.88. The third-order valence-electron chi connectivity index (χ3n) is 3.98. The molecule has 1 saturated heterocycles. The van der Waals surface area contributed by atoms with E-state index in [9.17, 15) is 18.4 Å². The molecule has 2 amide bonds. The molecule has 24 heavy (non-hydrogen) atoms. The van der Waals surface area contributed by atoms with Crippen LogP contribution in [-0.2, 0) is 4.79 Å². The Balaban J connectivity index is 0.00000288. The molecule has 0 aromatic heterocycles. The number of piperidine rings is 1. The Bertz CT molecular complexity index is 586. The Morgan fingerprint density at radius 3 is 2.75 bits per heavy atom. The van der Waals surface area contributed by atoms with Crippen molar-refractivity contribution in [3.63, 3.8) is 0 Å². The molecule has 1 unspecified atom stereocenters. The summed E-state index contributed by atoms with van der Waals surface area (Å²) in [6, 6.07) is 3.35. The first kappa shape index (κ1) is 20.3. The van der Waals surface area contributed by atoms with Crippen LogP contribution in [0.1, 0.15) is 36.0 Å². The molecule has 3 N–H and O–H groups in total. The molecule has 5 nitrogen and oxygen atoms in total. The van der Waals surface area contributed by atoms with Crippen LogP contribution >= 0.6 is 12.4 Å². The topological polar surface area (TPSA) is 75.4 Å². The molecule has 1 aromatic carbocycles. The molecule has 0 radical (unpaired) electrons. The summed E-state index contributed by atoms with van der Waals surface area (Å²) >= 11 is 0. The highest BCUT2D eigenvalue weighted by atomic mass is 35.5. The zero-order chi connectivity index (χ0) is 16.8. The number of hydrogen-bond donors (Lipinski definition) is 2. The molecule has 134 valence electrons. The van der Waals surface area contributed by atoms with E-state index in [0.29, 0.717) is 19.5 Å². The third-order valence-corrected chi connectivity index (χ3v) is 3.98. The van der Waals surface area contributed by atoms with Crippen molar-refractivity contribution in [2.75, 3.05) is 19.6 Å². The van der Waals surface area contributed by atoms with Gasteiger partial charge in [-0.15, -0.1) is 12.4 Å². The van der Waals surface area contributed by atoms with Crippen molar-refractivity contribution in [2.45, 2.75) is 31.7 Å². The van der Waals surface area contributed by atoms with Gasteiger partial charge in [0, 0.05) is 32.1 Å². The average Bonchev–Trinajstić information content (AvgIpc) is 2.55. The van der Waals surface area contributed by atoms with Crippen LogP contribution in [0.4, 0.5) is 8.78 Å². The predicted molar refractivity (Wildman–Crippen MR) is 89.0 cm³/mol. The lowest BCUT2D eigenvalue weighted by Crippen LogP contribution is -2.49. The van der Waals surface area contributed by atoms with Gasteiger partial charge < -0.3 is 16.0 Å². The maximum Gasteiger partial charge on any atom is 0.257 e. The Morgan fingerprint density at radius 2 is 2.04 bits per heavy atom. The first-order chi connectivity index (χ1) is 11.0. The largest absolute Gasteiger partial charge is 0.354 e. The number of carbonyl (C=O) groups excluding carboxylic acids is 2. The first-order valence-electron chi connectivity index (χ1n) is 7.76. The molecular formula is C16H22ClF2N3O2. The maximum absolute atomic E-state index is 13.8. The number of benzene rings is 1. The minimum atomic E-state index is -1.13. The molecule has 1 aliphatic rings. The summed E-state index contributed by atoms with van der Waals surface area (Å²) in [4.78, 5) is 25.6. The number of halogens is 3. The molecule has 1 atom stereocenters.